The van der Waals surface area contributed by atoms with Crippen LogP contribution in [0.2, 0.25) is 0 Å². The van der Waals surface area contributed by atoms with Crippen LogP contribution >= 0.6 is 0 Å². The van der Waals surface area contributed by atoms with Crippen molar-refractivity contribution in [2.45, 2.75) is 37.5 Å². The highest BCUT2D eigenvalue weighted by atomic mass is 32.2. The van der Waals surface area contributed by atoms with E-state index in [4.69, 9.17) is 5.14 Å². The number of anilines is 1. The molecule has 0 bridgehead atoms. The van der Waals surface area contributed by atoms with Gasteiger partial charge in [-0.25, -0.2) is 22.0 Å². The lowest BCUT2D eigenvalue weighted by Gasteiger charge is -2.08. The monoisotopic (exact) mass is 320 g/mol. The van der Waals surface area contributed by atoms with Gasteiger partial charge in [-0.05, 0) is 30.7 Å². The Kier molecular flexibility index (Phi) is 5.97. The molecule has 1 aromatic carbocycles. The van der Waals surface area contributed by atoms with Crippen LogP contribution in [0.15, 0.2) is 29.2 Å². The minimum atomic E-state index is -3.76. The Balaban J connectivity index is 2.64. The van der Waals surface area contributed by atoms with Gasteiger partial charge in [0, 0.05) is 5.69 Å². The highest BCUT2D eigenvalue weighted by Gasteiger charge is 2.11. The summed E-state index contributed by atoms with van der Waals surface area (Å²) in [5.74, 6) is 0.0595. The molecule has 3 N–H and O–H groups in total. The minimum Gasteiger partial charge on any atom is -0.284 e. The summed E-state index contributed by atoms with van der Waals surface area (Å²) in [4.78, 5) is -0.0524. The molecule has 1 rings (SSSR count). The quantitative estimate of drug-likeness (QED) is 0.710. The van der Waals surface area contributed by atoms with Crippen LogP contribution in [0.4, 0.5) is 5.69 Å². The van der Waals surface area contributed by atoms with Crippen molar-refractivity contribution in [1.29, 1.82) is 0 Å². The molecule has 6 nitrogen and oxygen atoms in total. The van der Waals surface area contributed by atoms with Gasteiger partial charge in [0.25, 0.3) is 0 Å². The number of primary sulfonamides is 1. The molecule has 0 heterocycles. The summed E-state index contributed by atoms with van der Waals surface area (Å²) >= 11 is 0. The predicted molar refractivity (Wildman–Crippen MR) is 79.4 cm³/mol. The third-order valence-corrected chi connectivity index (χ3v) is 5.02. The summed E-state index contributed by atoms with van der Waals surface area (Å²) in [6.07, 6.45) is 3.54. The summed E-state index contributed by atoms with van der Waals surface area (Å²) in [6.45, 7) is 2.06. The second-order valence-electron chi connectivity index (χ2n) is 4.55. The van der Waals surface area contributed by atoms with Crippen LogP contribution in [0.1, 0.15) is 32.6 Å². The van der Waals surface area contributed by atoms with E-state index in [1.54, 1.807) is 0 Å². The Morgan fingerprint density at radius 1 is 1.00 bits per heavy atom. The van der Waals surface area contributed by atoms with Crippen LogP contribution in [0.25, 0.3) is 0 Å². The molecule has 0 aliphatic rings. The first-order valence-electron chi connectivity index (χ1n) is 6.38. The molecule has 1 aromatic rings. The van der Waals surface area contributed by atoms with Gasteiger partial charge in [-0.3, -0.25) is 4.72 Å². The van der Waals surface area contributed by atoms with Gasteiger partial charge in [-0.2, -0.15) is 0 Å². The molecule has 0 fully saturated rings. The first kappa shape index (κ1) is 16.9. The van der Waals surface area contributed by atoms with E-state index >= 15 is 0 Å². The molecular formula is C12H20N2O4S2. The van der Waals surface area contributed by atoms with E-state index < -0.39 is 20.0 Å². The van der Waals surface area contributed by atoms with Crippen molar-refractivity contribution in [1.82, 2.24) is 0 Å². The van der Waals surface area contributed by atoms with E-state index in [0.29, 0.717) is 12.1 Å². The molecular weight excluding hydrogens is 300 g/mol. The summed E-state index contributed by atoms with van der Waals surface area (Å²) in [6, 6.07) is 5.29. The van der Waals surface area contributed by atoms with Crippen LogP contribution < -0.4 is 9.86 Å². The zero-order chi connectivity index (χ0) is 15.2. The van der Waals surface area contributed by atoms with E-state index in [9.17, 15) is 16.8 Å². The van der Waals surface area contributed by atoms with Gasteiger partial charge in [-0.15, -0.1) is 0 Å². The maximum Gasteiger partial charge on any atom is 0.238 e. The summed E-state index contributed by atoms with van der Waals surface area (Å²) < 4.78 is 48.1. The second-order valence-corrected chi connectivity index (χ2v) is 7.95. The average molecular weight is 320 g/mol. The molecule has 0 atom stereocenters. The molecule has 0 aliphatic heterocycles. The molecule has 0 aromatic heterocycles. The largest absolute Gasteiger partial charge is 0.284 e. The van der Waals surface area contributed by atoms with Gasteiger partial charge >= 0.3 is 0 Å². The lowest BCUT2D eigenvalue weighted by molar-refractivity contribution is 0.593. The van der Waals surface area contributed by atoms with Crippen molar-refractivity contribution in [3.8, 4) is 0 Å². The molecule has 0 aliphatic carbocycles. The fraction of sp³-hybridized carbons (Fsp3) is 0.500. The minimum absolute atomic E-state index is 0.0524. The molecule has 0 unspecified atom stereocenters. The van der Waals surface area contributed by atoms with Crippen molar-refractivity contribution in [3.63, 3.8) is 0 Å². The summed E-state index contributed by atoms with van der Waals surface area (Å²) in [7, 11) is -7.16. The molecule has 8 heteroatoms. The van der Waals surface area contributed by atoms with Crippen molar-refractivity contribution in [3.05, 3.63) is 24.3 Å². The average Bonchev–Trinajstić information content (AvgIpc) is 2.34. The normalized spacial score (nSPS) is 12.3. The van der Waals surface area contributed by atoms with Gasteiger partial charge in [-0.1, -0.05) is 26.2 Å². The van der Waals surface area contributed by atoms with Crippen LogP contribution in [-0.4, -0.2) is 22.6 Å². The number of unbranched alkanes of at least 4 members (excludes halogenated alkanes) is 3. The zero-order valence-electron chi connectivity index (χ0n) is 11.4. The Hall–Kier alpha value is -1.12. The predicted octanol–water partition coefficient (Wildman–Crippen LogP) is 1.66. The summed E-state index contributed by atoms with van der Waals surface area (Å²) in [5, 5.41) is 4.96. The van der Waals surface area contributed by atoms with E-state index in [1.165, 1.54) is 24.3 Å². The van der Waals surface area contributed by atoms with Gasteiger partial charge < -0.3 is 0 Å². The van der Waals surface area contributed by atoms with Gasteiger partial charge in [0.05, 0.1) is 10.6 Å². The number of rotatable bonds is 8. The standard InChI is InChI=1S/C12H20N2O4S2/c1-2-3-4-5-10-19(15,16)14-11-6-8-12(9-7-11)20(13,17)18/h6-9,14H,2-5,10H2,1H3,(H2,13,17,18). The molecule has 20 heavy (non-hydrogen) atoms. The summed E-state index contributed by atoms with van der Waals surface area (Å²) in [5.41, 5.74) is 0.327. The van der Waals surface area contributed by atoms with Crippen molar-refractivity contribution in [2.24, 2.45) is 5.14 Å². The maximum atomic E-state index is 11.8. The highest BCUT2D eigenvalue weighted by Crippen LogP contribution is 2.14. The van der Waals surface area contributed by atoms with E-state index in [0.717, 1.165) is 19.3 Å². The Morgan fingerprint density at radius 2 is 1.60 bits per heavy atom. The first-order chi connectivity index (χ1) is 9.24. The van der Waals surface area contributed by atoms with Gasteiger partial charge in [0.2, 0.25) is 20.0 Å². The smallest absolute Gasteiger partial charge is 0.238 e. The molecule has 0 saturated heterocycles. The third-order valence-electron chi connectivity index (χ3n) is 2.72. The zero-order valence-corrected chi connectivity index (χ0v) is 13.0. The highest BCUT2D eigenvalue weighted by molar-refractivity contribution is 7.92. The van der Waals surface area contributed by atoms with Crippen molar-refractivity contribution >= 4 is 25.7 Å². The Labute approximate surface area is 120 Å². The third kappa shape index (κ3) is 5.89. The topological polar surface area (TPSA) is 106 Å². The SMILES string of the molecule is CCCCCCS(=O)(=O)Nc1ccc(S(N)(=O)=O)cc1. The van der Waals surface area contributed by atoms with Crippen LogP contribution in [0, 0.1) is 0 Å². The van der Waals surface area contributed by atoms with Crippen LogP contribution in [-0.2, 0) is 20.0 Å². The van der Waals surface area contributed by atoms with Crippen molar-refractivity contribution in [2.75, 3.05) is 10.5 Å². The van der Waals surface area contributed by atoms with Gasteiger partial charge in [0.15, 0.2) is 0 Å². The first-order valence-corrected chi connectivity index (χ1v) is 9.58. The van der Waals surface area contributed by atoms with E-state index in [2.05, 4.69) is 11.6 Å². The number of sulfonamides is 2. The lowest BCUT2D eigenvalue weighted by atomic mass is 10.2. The molecule has 0 saturated carbocycles. The molecule has 0 spiro atoms. The Morgan fingerprint density at radius 3 is 2.10 bits per heavy atom. The number of nitrogens with two attached hydrogens (primary N) is 1. The van der Waals surface area contributed by atoms with Crippen LogP contribution in [0.5, 0.6) is 0 Å². The van der Waals surface area contributed by atoms with Gasteiger partial charge in [0.1, 0.15) is 0 Å². The van der Waals surface area contributed by atoms with Crippen LogP contribution in [0.3, 0.4) is 0 Å². The van der Waals surface area contributed by atoms with E-state index in [1.807, 2.05) is 0 Å². The maximum absolute atomic E-state index is 11.8. The fourth-order valence-corrected chi connectivity index (χ4v) is 3.36. The molecule has 0 amide bonds. The fourth-order valence-electron chi connectivity index (χ4n) is 1.66. The molecule has 0 radical (unpaired) electrons. The van der Waals surface area contributed by atoms with Crippen molar-refractivity contribution < 1.29 is 16.8 Å². The number of hydrogen-bond donors (Lipinski definition) is 2. The molecule has 114 valence electrons. The second kappa shape index (κ2) is 7.05. The number of nitrogens with one attached hydrogen (secondary N) is 1. The van der Waals surface area contributed by atoms with E-state index in [-0.39, 0.29) is 10.6 Å². The number of hydrogen-bond acceptors (Lipinski definition) is 4. The Bertz CT molecular complexity index is 622. The number of benzene rings is 1. The lowest BCUT2D eigenvalue weighted by Crippen LogP contribution is -2.17.